The zero-order valence-electron chi connectivity index (χ0n) is 9.32. The van der Waals surface area contributed by atoms with E-state index >= 15 is 0 Å². The summed E-state index contributed by atoms with van der Waals surface area (Å²) in [7, 11) is 1.99. The lowest BCUT2D eigenvalue weighted by Gasteiger charge is -2.26. The first kappa shape index (κ1) is 11.7. The fourth-order valence-electron chi connectivity index (χ4n) is 1.71. The molecule has 1 aromatic carbocycles. The van der Waals surface area contributed by atoms with Crippen molar-refractivity contribution >= 4 is 15.9 Å². The lowest BCUT2D eigenvalue weighted by Crippen LogP contribution is -2.31. The van der Waals surface area contributed by atoms with Gasteiger partial charge in [-0.15, -0.1) is 0 Å². The Kier molecular flexibility index (Phi) is 3.73. The minimum Gasteiger partial charge on any atom is -0.319 e. The van der Waals surface area contributed by atoms with Crippen LogP contribution in [-0.2, 0) is 5.41 Å². The van der Waals surface area contributed by atoms with Gasteiger partial charge in [-0.2, -0.15) is 0 Å². The summed E-state index contributed by atoms with van der Waals surface area (Å²) in [6.45, 7) is 7.59. The summed E-state index contributed by atoms with van der Waals surface area (Å²) < 4.78 is 1.21. The van der Waals surface area contributed by atoms with E-state index in [2.05, 4.69) is 60.2 Å². The van der Waals surface area contributed by atoms with Crippen LogP contribution < -0.4 is 5.32 Å². The van der Waals surface area contributed by atoms with Gasteiger partial charge >= 0.3 is 0 Å². The minimum atomic E-state index is 0.168. The van der Waals surface area contributed by atoms with Gasteiger partial charge in [-0.1, -0.05) is 41.9 Å². The molecule has 0 unspecified atom stereocenters. The van der Waals surface area contributed by atoms with E-state index in [4.69, 9.17) is 0 Å². The number of likely N-dealkylation sites (N-methyl/N-ethyl adjacent to an activating group) is 1. The predicted molar refractivity (Wildman–Crippen MR) is 65.8 cm³/mol. The van der Waals surface area contributed by atoms with E-state index < -0.39 is 0 Å². The van der Waals surface area contributed by atoms with Crippen LogP contribution in [0.1, 0.15) is 25.0 Å². The summed E-state index contributed by atoms with van der Waals surface area (Å²) in [5.41, 5.74) is 2.82. The first-order valence-corrected chi connectivity index (χ1v) is 5.68. The van der Waals surface area contributed by atoms with Gasteiger partial charge in [-0.05, 0) is 31.2 Å². The van der Waals surface area contributed by atoms with Gasteiger partial charge in [0, 0.05) is 16.4 Å². The Bertz CT molecular complexity index is 318. The molecule has 0 fully saturated rings. The van der Waals surface area contributed by atoms with Crippen molar-refractivity contribution in [3.05, 3.63) is 33.8 Å². The average Bonchev–Trinajstić information content (AvgIpc) is 2.02. The third-order valence-electron chi connectivity index (χ3n) is 2.47. The molecule has 0 saturated carbocycles. The molecule has 0 aromatic heterocycles. The van der Waals surface area contributed by atoms with Crippen LogP contribution in [0.2, 0.25) is 0 Å². The van der Waals surface area contributed by atoms with E-state index in [1.54, 1.807) is 0 Å². The Balaban J connectivity index is 3.06. The summed E-state index contributed by atoms with van der Waals surface area (Å²) in [5, 5.41) is 3.23. The summed E-state index contributed by atoms with van der Waals surface area (Å²) in [4.78, 5) is 0. The van der Waals surface area contributed by atoms with Crippen LogP contribution in [0, 0.1) is 6.92 Å². The number of hydrogen-bond acceptors (Lipinski definition) is 1. The molecule has 0 heterocycles. The van der Waals surface area contributed by atoms with Crippen molar-refractivity contribution < 1.29 is 0 Å². The summed E-state index contributed by atoms with van der Waals surface area (Å²) in [6.07, 6.45) is 0. The number of nitrogens with one attached hydrogen (secondary N) is 1. The van der Waals surface area contributed by atoms with Gasteiger partial charge in [0.25, 0.3) is 0 Å². The van der Waals surface area contributed by atoms with Gasteiger partial charge in [-0.25, -0.2) is 0 Å². The molecule has 0 aliphatic rings. The summed E-state index contributed by atoms with van der Waals surface area (Å²) >= 11 is 3.63. The topological polar surface area (TPSA) is 12.0 Å². The van der Waals surface area contributed by atoms with E-state index in [-0.39, 0.29) is 5.41 Å². The fraction of sp³-hybridized carbons (Fsp3) is 0.500. The van der Waals surface area contributed by atoms with Crippen molar-refractivity contribution in [2.24, 2.45) is 0 Å². The zero-order valence-corrected chi connectivity index (χ0v) is 10.9. The third kappa shape index (κ3) is 2.58. The van der Waals surface area contributed by atoms with Crippen molar-refractivity contribution in [1.82, 2.24) is 5.32 Å². The molecule has 0 radical (unpaired) electrons. The lowest BCUT2D eigenvalue weighted by atomic mass is 9.84. The van der Waals surface area contributed by atoms with Crippen LogP contribution in [0.25, 0.3) is 0 Å². The van der Waals surface area contributed by atoms with Gasteiger partial charge in [-0.3, -0.25) is 0 Å². The molecule has 0 aliphatic heterocycles. The standard InChI is InChI=1S/C12H18BrN/c1-9-5-6-10(11(13)7-9)12(2,3)8-14-4/h5-7,14H,8H2,1-4H3. The molecule has 14 heavy (non-hydrogen) atoms. The smallest absolute Gasteiger partial charge is 0.0215 e. The highest BCUT2D eigenvalue weighted by molar-refractivity contribution is 9.10. The SMILES string of the molecule is CNCC(C)(C)c1ccc(C)cc1Br. The third-order valence-corrected chi connectivity index (χ3v) is 3.13. The van der Waals surface area contributed by atoms with Crippen molar-refractivity contribution in [2.75, 3.05) is 13.6 Å². The monoisotopic (exact) mass is 255 g/mol. The highest BCUT2D eigenvalue weighted by Gasteiger charge is 2.21. The van der Waals surface area contributed by atoms with Crippen LogP contribution in [0.4, 0.5) is 0 Å². The maximum atomic E-state index is 3.63. The van der Waals surface area contributed by atoms with Gasteiger partial charge in [0.15, 0.2) is 0 Å². The Labute approximate surface area is 95.0 Å². The second-order valence-electron chi connectivity index (χ2n) is 4.40. The van der Waals surface area contributed by atoms with Gasteiger partial charge in [0.2, 0.25) is 0 Å². The first-order valence-electron chi connectivity index (χ1n) is 4.88. The molecule has 0 saturated heterocycles. The summed E-state index contributed by atoms with van der Waals surface area (Å²) in [5.74, 6) is 0. The number of hydrogen-bond donors (Lipinski definition) is 1. The molecule has 1 N–H and O–H groups in total. The lowest BCUT2D eigenvalue weighted by molar-refractivity contribution is 0.492. The van der Waals surface area contributed by atoms with Gasteiger partial charge < -0.3 is 5.32 Å². The Morgan fingerprint density at radius 2 is 2.00 bits per heavy atom. The van der Waals surface area contributed by atoms with E-state index in [0.29, 0.717) is 0 Å². The Morgan fingerprint density at radius 1 is 1.36 bits per heavy atom. The Morgan fingerprint density at radius 3 is 2.50 bits per heavy atom. The van der Waals surface area contributed by atoms with Crippen LogP contribution in [0.15, 0.2) is 22.7 Å². The van der Waals surface area contributed by atoms with Gasteiger partial charge in [0.05, 0.1) is 0 Å². The maximum Gasteiger partial charge on any atom is 0.0215 e. The molecule has 78 valence electrons. The van der Waals surface area contributed by atoms with Crippen molar-refractivity contribution in [1.29, 1.82) is 0 Å². The van der Waals surface area contributed by atoms with E-state index in [9.17, 15) is 0 Å². The zero-order chi connectivity index (χ0) is 10.8. The minimum absolute atomic E-state index is 0.168. The fourth-order valence-corrected chi connectivity index (χ4v) is 2.74. The van der Waals surface area contributed by atoms with Crippen LogP contribution in [0.3, 0.4) is 0 Å². The first-order chi connectivity index (χ1) is 6.47. The molecule has 1 aromatic rings. The molecule has 2 heteroatoms. The number of aryl methyl sites for hydroxylation is 1. The highest BCUT2D eigenvalue weighted by atomic mass is 79.9. The van der Waals surface area contributed by atoms with Crippen LogP contribution >= 0.6 is 15.9 Å². The number of benzene rings is 1. The number of rotatable bonds is 3. The van der Waals surface area contributed by atoms with E-state index in [1.165, 1.54) is 15.6 Å². The molecule has 0 bridgehead atoms. The van der Waals surface area contributed by atoms with E-state index in [0.717, 1.165) is 6.54 Å². The van der Waals surface area contributed by atoms with Crippen LogP contribution in [0.5, 0.6) is 0 Å². The second-order valence-corrected chi connectivity index (χ2v) is 5.25. The molecular weight excluding hydrogens is 238 g/mol. The predicted octanol–water partition coefficient (Wildman–Crippen LogP) is 3.25. The molecule has 0 atom stereocenters. The molecule has 0 amide bonds. The molecule has 0 spiro atoms. The normalized spacial score (nSPS) is 11.8. The van der Waals surface area contributed by atoms with Crippen molar-refractivity contribution in [3.63, 3.8) is 0 Å². The highest BCUT2D eigenvalue weighted by Crippen LogP contribution is 2.30. The largest absolute Gasteiger partial charge is 0.319 e. The average molecular weight is 256 g/mol. The maximum absolute atomic E-state index is 3.63. The van der Waals surface area contributed by atoms with Crippen molar-refractivity contribution in [3.8, 4) is 0 Å². The number of halogens is 1. The quantitative estimate of drug-likeness (QED) is 0.875. The second kappa shape index (κ2) is 4.45. The molecule has 0 aliphatic carbocycles. The molecule has 1 nitrogen and oxygen atoms in total. The summed E-state index contributed by atoms with van der Waals surface area (Å²) in [6, 6.07) is 6.54. The Hall–Kier alpha value is -0.340. The van der Waals surface area contributed by atoms with Gasteiger partial charge in [0.1, 0.15) is 0 Å². The molecular formula is C12H18BrN. The van der Waals surface area contributed by atoms with E-state index in [1.807, 2.05) is 7.05 Å². The van der Waals surface area contributed by atoms with Crippen LogP contribution in [-0.4, -0.2) is 13.6 Å². The van der Waals surface area contributed by atoms with Crippen molar-refractivity contribution in [2.45, 2.75) is 26.2 Å². The molecule has 1 rings (SSSR count).